The van der Waals surface area contributed by atoms with E-state index in [1.165, 1.54) is 42.7 Å². The van der Waals surface area contributed by atoms with Crippen molar-refractivity contribution < 1.29 is 0 Å². The number of aryl methyl sites for hydroxylation is 2. The maximum atomic E-state index is 3.69. The van der Waals surface area contributed by atoms with Gasteiger partial charge in [0.05, 0.1) is 0 Å². The Kier molecular flexibility index (Phi) is 4.87. The van der Waals surface area contributed by atoms with Gasteiger partial charge in [-0.15, -0.1) is 0 Å². The van der Waals surface area contributed by atoms with Gasteiger partial charge in [-0.25, -0.2) is 0 Å². The molecule has 1 N–H and O–H groups in total. The van der Waals surface area contributed by atoms with E-state index in [9.17, 15) is 0 Å². The molecule has 2 nitrogen and oxygen atoms in total. The van der Waals surface area contributed by atoms with E-state index in [0.717, 1.165) is 12.5 Å². The van der Waals surface area contributed by atoms with E-state index in [4.69, 9.17) is 0 Å². The summed E-state index contributed by atoms with van der Waals surface area (Å²) in [5, 5.41) is 3.69. The number of nitrogens with zero attached hydrogens (tertiary/aromatic N) is 1. The van der Waals surface area contributed by atoms with E-state index >= 15 is 0 Å². The lowest BCUT2D eigenvalue weighted by molar-refractivity contribution is 0.322. The lowest BCUT2D eigenvalue weighted by Gasteiger charge is -2.39. The van der Waals surface area contributed by atoms with Gasteiger partial charge in [0.2, 0.25) is 0 Å². The topological polar surface area (TPSA) is 15.3 Å². The predicted molar refractivity (Wildman–Crippen MR) is 84.0 cm³/mol. The van der Waals surface area contributed by atoms with E-state index in [-0.39, 0.29) is 0 Å². The second kappa shape index (κ2) is 6.42. The van der Waals surface area contributed by atoms with E-state index in [0.29, 0.717) is 6.04 Å². The second-order valence-electron chi connectivity index (χ2n) is 6.06. The molecule has 1 aliphatic heterocycles. The fourth-order valence-corrected chi connectivity index (χ4v) is 3.16. The number of benzene rings is 1. The molecule has 19 heavy (non-hydrogen) atoms. The van der Waals surface area contributed by atoms with Crippen LogP contribution >= 0.6 is 0 Å². The molecule has 0 amide bonds. The van der Waals surface area contributed by atoms with Crippen molar-refractivity contribution in [1.29, 1.82) is 0 Å². The zero-order valence-corrected chi connectivity index (χ0v) is 12.9. The number of anilines is 1. The summed E-state index contributed by atoms with van der Waals surface area (Å²) in [4.78, 5) is 2.56. The Morgan fingerprint density at radius 1 is 1.32 bits per heavy atom. The third kappa shape index (κ3) is 3.50. The van der Waals surface area contributed by atoms with E-state index in [1.807, 2.05) is 0 Å². The molecule has 0 aliphatic carbocycles. The molecule has 0 aromatic heterocycles. The lowest BCUT2D eigenvalue weighted by atomic mass is 9.92. The summed E-state index contributed by atoms with van der Waals surface area (Å²) >= 11 is 0. The fraction of sp³-hybridized carbons (Fsp3) is 0.647. The summed E-state index contributed by atoms with van der Waals surface area (Å²) in [6.07, 6.45) is 2.48. The molecule has 2 heteroatoms. The minimum absolute atomic E-state index is 0.696. The summed E-state index contributed by atoms with van der Waals surface area (Å²) in [6, 6.07) is 7.51. The Hall–Kier alpha value is -1.02. The van der Waals surface area contributed by atoms with Crippen LogP contribution in [0.4, 0.5) is 5.69 Å². The highest BCUT2D eigenvalue weighted by Gasteiger charge is 2.26. The first-order valence-electron chi connectivity index (χ1n) is 7.67. The highest BCUT2D eigenvalue weighted by atomic mass is 15.2. The minimum atomic E-state index is 0.696. The number of nitrogens with one attached hydrogen (secondary N) is 1. The van der Waals surface area contributed by atoms with Crippen LogP contribution in [0.1, 0.15) is 37.8 Å². The van der Waals surface area contributed by atoms with Gasteiger partial charge in [0, 0.05) is 24.8 Å². The molecule has 0 spiro atoms. The van der Waals surface area contributed by atoms with Gasteiger partial charge in [0.25, 0.3) is 0 Å². The summed E-state index contributed by atoms with van der Waals surface area (Å²) < 4.78 is 0. The molecule has 0 saturated carbocycles. The molecule has 1 saturated heterocycles. The molecule has 106 valence electrons. The van der Waals surface area contributed by atoms with Gasteiger partial charge in [-0.05, 0) is 50.8 Å². The normalized spacial score (nSPS) is 23.7. The smallest absolute Gasteiger partial charge is 0.0396 e. The average molecular weight is 260 g/mol. The third-order valence-electron chi connectivity index (χ3n) is 4.25. The van der Waals surface area contributed by atoms with Crippen LogP contribution in [0, 0.1) is 19.8 Å². The van der Waals surface area contributed by atoms with Crippen molar-refractivity contribution in [2.24, 2.45) is 5.92 Å². The Morgan fingerprint density at radius 3 is 2.74 bits per heavy atom. The van der Waals surface area contributed by atoms with Crippen molar-refractivity contribution in [3.05, 3.63) is 29.3 Å². The molecular formula is C17H28N2. The SMILES string of the molecule is CCCNC1CCN(c2ccc(C)cc2C)CC1C. The van der Waals surface area contributed by atoms with Crippen molar-refractivity contribution in [2.75, 3.05) is 24.5 Å². The number of hydrogen-bond acceptors (Lipinski definition) is 2. The molecule has 2 rings (SSSR count). The van der Waals surface area contributed by atoms with Gasteiger partial charge in [-0.2, -0.15) is 0 Å². The highest BCUT2D eigenvalue weighted by molar-refractivity contribution is 5.54. The van der Waals surface area contributed by atoms with Crippen LogP contribution < -0.4 is 10.2 Å². The molecule has 1 heterocycles. The Labute approximate surface area is 118 Å². The van der Waals surface area contributed by atoms with Crippen LogP contribution in [0.5, 0.6) is 0 Å². The first-order valence-corrected chi connectivity index (χ1v) is 7.67. The zero-order valence-electron chi connectivity index (χ0n) is 12.9. The van der Waals surface area contributed by atoms with Gasteiger partial charge >= 0.3 is 0 Å². The van der Waals surface area contributed by atoms with Gasteiger partial charge in [-0.3, -0.25) is 0 Å². The first kappa shape index (κ1) is 14.4. The van der Waals surface area contributed by atoms with Gasteiger partial charge in [0.1, 0.15) is 0 Å². The maximum absolute atomic E-state index is 3.69. The van der Waals surface area contributed by atoms with Crippen LogP contribution in [-0.4, -0.2) is 25.7 Å². The van der Waals surface area contributed by atoms with Crippen LogP contribution in [0.3, 0.4) is 0 Å². The van der Waals surface area contributed by atoms with E-state index < -0.39 is 0 Å². The molecule has 1 fully saturated rings. The number of piperidine rings is 1. The van der Waals surface area contributed by atoms with Crippen molar-refractivity contribution in [3.8, 4) is 0 Å². The summed E-state index contributed by atoms with van der Waals surface area (Å²) in [6.45, 7) is 12.5. The van der Waals surface area contributed by atoms with Crippen molar-refractivity contribution in [3.63, 3.8) is 0 Å². The molecule has 0 radical (unpaired) electrons. The predicted octanol–water partition coefficient (Wildman–Crippen LogP) is 3.52. The average Bonchev–Trinajstić information content (AvgIpc) is 2.37. The molecule has 0 bridgehead atoms. The number of rotatable bonds is 4. The van der Waals surface area contributed by atoms with Crippen molar-refractivity contribution >= 4 is 5.69 Å². The monoisotopic (exact) mass is 260 g/mol. The first-order chi connectivity index (χ1) is 9.11. The Morgan fingerprint density at radius 2 is 2.11 bits per heavy atom. The molecule has 2 unspecified atom stereocenters. The summed E-state index contributed by atoms with van der Waals surface area (Å²) in [5.41, 5.74) is 4.19. The third-order valence-corrected chi connectivity index (χ3v) is 4.25. The van der Waals surface area contributed by atoms with Crippen molar-refractivity contribution in [2.45, 2.75) is 46.6 Å². The van der Waals surface area contributed by atoms with Gasteiger partial charge in [-0.1, -0.05) is 31.5 Å². The Balaban J connectivity index is 2.01. The largest absolute Gasteiger partial charge is 0.371 e. The minimum Gasteiger partial charge on any atom is -0.371 e. The van der Waals surface area contributed by atoms with Crippen LogP contribution in [-0.2, 0) is 0 Å². The van der Waals surface area contributed by atoms with Gasteiger partial charge < -0.3 is 10.2 Å². The van der Waals surface area contributed by atoms with Gasteiger partial charge in [0.15, 0.2) is 0 Å². The fourth-order valence-electron chi connectivity index (χ4n) is 3.16. The summed E-state index contributed by atoms with van der Waals surface area (Å²) in [5.74, 6) is 0.723. The maximum Gasteiger partial charge on any atom is 0.0396 e. The van der Waals surface area contributed by atoms with Crippen molar-refractivity contribution in [1.82, 2.24) is 5.32 Å². The molecule has 1 aromatic carbocycles. The molecule has 1 aromatic rings. The number of hydrogen-bond donors (Lipinski definition) is 1. The molecule has 2 atom stereocenters. The van der Waals surface area contributed by atoms with Crippen LogP contribution in [0.25, 0.3) is 0 Å². The van der Waals surface area contributed by atoms with E-state index in [1.54, 1.807) is 0 Å². The zero-order chi connectivity index (χ0) is 13.8. The summed E-state index contributed by atoms with van der Waals surface area (Å²) in [7, 11) is 0. The second-order valence-corrected chi connectivity index (χ2v) is 6.06. The highest BCUT2D eigenvalue weighted by Crippen LogP contribution is 2.26. The Bertz CT molecular complexity index is 414. The van der Waals surface area contributed by atoms with Crippen LogP contribution in [0.2, 0.25) is 0 Å². The standard InChI is InChI=1S/C17H28N2/c1-5-9-18-16-8-10-19(12-15(16)4)17-7-6-13(2)11-14(17)3/h6-7,11,15-16,18H,5,8-10,12H2,1-4H3. The van der Waals surface area contributed by atoms with E-state index in [2.05, 4.69) is 56.1 Å². The quantitative estimate of drug-likeness (QED) is 0.891. The molecule has 1 aliphatic rings. The molecular weight excluding hydrogens is 232 g/mol. The van der Waals surface area contributed by atoms with Crippen LogP contribution in [0.15, 0.2) is 18.2 Å². The lowest BCUT2D eigenvalue weighted by Crippen LogP contribution is -2.48.